The number of rotatable bonds is 7. The van der Waals surface area contributed by atoms with Crippen LogP contribution in [-0.4, -0.2) is 18.9 Å². The average Bonchev–Trinajstić information content (AvgIpc) is 3.01. The smallest absolute Gasteiger partial charge is 0.191 e. The molecule has 4 heteroatoms. The first kappa shape index (κ1) is 15.3. The SMILES string of the molecule is CCc1ccc(C(=O)CN(CCC#N)c2ccccc2)s1. The van der Waals surface area contributed by atoms with Crippen molar-refractivity contribution in [1.82, 2.24) is 0 Å². The molecule has 0 aliphatic heterocycles. The van der Waals surface area contributed by atoms with Gasteiger partial charge >= 0.3 is 0 Å². The van der Waals surface area contributed by atoms with Crippen LogP contribution in [0.15, 0.2) is 42.5 Å². The minimum atomic E-state index is 0.112. The van der Waals surface area contributed by atoms with E-state index >= 15 is 0 Å². The first-order chi connectivity index (χ1) is 10.2. The molecule has 0 aliphatic carbocycles. The number of Topliss-reactive ketones (excluding diaryl/α,β-unsaturated/α-hetero) is 1. The van der Waals surface area contributed by atoms with Crippen LogP contribution in [0.1, 0.15) is 27.9 Å². The third kappa shape index (κ3) is 4.17. The van der Waals surface area contributed by atoms with Gasteiger partial charge in [-0.25, -0.2) is 0 Å². The molecule has 0 amide bonds. The summed E-state index contributed by atoms with van der Waals surface area (Å²) in [6.45, 7) is 2.97. The van der Waals surface area contributed by atoms with Crippen LogP contribution in [0.2, 0.25) is 0 Å². The lowest BCUT2D eigenvalue weighted by Gasteiger charge is -2.22. The Balaban J connectivity index is 2.11. The van der Waals surface area contributed by atoms with Crippen LogP contribution in [0.25, 0.3) is 0 Å². The van der Waals surface area contributed by atoms with Crippen LogP contribution in [-0.2, 0) is 6.42 Å². The molecule has 0 fully saturated rings. The molecule has 2 aromatic rings. The van der Waals surface area contributed by atoms with Gasteiger partial charge < -0.3 is 4.90 Å². The molecule has 0 aliphatic rings. The molecule has 1 aromatic carbocycles. The lowest BCUT2D eigenvalue weighted by molar-refractivity contribution is 0.100. The molecule has 1 aromatic heterocycles. The number of carbonyl (C=O) groups excluding carboxylic acids is 1. The Labute approximate surface area is 129 Å². The molecule has 3 nitrogen and oxygen atoms in total. The molecule has 0 saturated carbocycles. The molecule has 108 valence electrons. The lowest BCUT2D eigenvalue weighted by Crippen LogP contribution is -2.30. The molecule has 1 heterocycles. The lowest BCUT2D eigenvalue weighted by atomic mass is 10.2. The first-order valence-electron chi connectivity index (χ1n) is 7.03. The van der Waals surface area contributed by atoms with E-state index in [1.807, 2.05) is 47.4 Å². The highest BCUT2D eigenvalue weighted by atomic mass is 32.1. The normalized spacial score (nSPS) is 10.1. The van der Waals surface area contributed by atoms with Gasteiger partial charge in [0.25, 0.3) is 0 Å². The second-order valence-corrected chi connectivity index (χ2v) is 5.88. The zero-order valence-electron chi connectivity index (χ0n) is 12.1. The fraction of sp³-hybridized carbons (Fsp3) is 0.294. The maximum absolute atomic E-state index is 12.4. The van der Waals surface area contributed by atoms with E-state index in [0.717, 1.165) is 17.0 Å². The number of hydrogen-bond donors (Lipinski definition) is 0. The van der Waals surface area contributed by atoms with Crippen molar-refractivity contribution < 1.29 is 4.79 Å². The van der Waals surface area contributed by atoms with E-state index in [1.54, 1.807) is 11.3 Å². The fourth-order valence-electron chi connectivity index (χ4n) is 2.09. The van der Waals surface area contributed by atoms with Crippen LogP contribution >= 0.6 is 11.3 Å². The number of carbonyl (C=O) groups is 1. The topological polar surface area (TPSA) is 44.1 Å². The van der Waals surface area contributed by atoms with E-state index in [1.165, 1.54) is 4.88 Å². The Morgan fingerprint density at radius 1 is 1.24 bits per heavy atom. The molecule has 0 unspecified atom stereocenters. The Morgan fingerprint density at radius 3 is 2.62 bits per heavy atom. The molecule has 0 atom stereocenters. The number of nitriles is 1. The van der Waals surface area contributed by atoms with Crippen LogP contribution < -0.4 is 4.90 Å². The molecular weight excluding hydrogens is 280 g/mol. The monoisotopic (exact) mass is 298 g/mol. The number of thiophene rings is 1. The van der Waals surface area contributed by atoms with E-state index in [9.17, 15) is 4.79 Å². The van der Waals surface area contributed by atoms with Gasteiger partial charge in [-0.05, 0) is 30.7 Å². The Hall–Kier alpha value is -2.12. The van der Waals surface area contributed by atoms with Gasteiger partial charge in [0.15, 0.2) is 5.78 Å². The van der Waals surface area contributed by atoms with Crippen LogP contribution in [0, 0.1) is 11.3 Å². The van der Waals surface area contributed by atoms with Gasteiger partial charge in [0.1, 0.15) is 0 Å². The summed E-state index contributed by atoms with van der Waals surface area (Å²) in [5, 5.41) is 8.79. The van der Waals surface area contributed by atoms with Gasteiger partial charge in [-0.15, -0.1) is 11.3 Å². The van der Waals surface area contributed by atoms with Crippen molar-refractivity contribution in [2.75, 3.05) is 18.0 Å². The fourth-order valence-corrected chi connectivity index (χ4v) is 2.97. The number of para-hydroxylation sites is 1. The van der Waals surface area contributed by atoms with E-state index in [2.05, 4.69) is 13.0 Å². The Kier molecular flexibility index (Phi) is 5.53. The summed E-state index contributed by atoms with van der Waals surface area (Å²) in [7, 11) is 0. The zero-order valence-corrected chi connectivity index (χ0v) is 12.9. The molecule has 0 N–H and O–H groups in total. The van der Waals surface area contributed by atoms with Gasteiger partial charge in [-0.1, -0.05) is 25.1 Å². The molecule has 0 spiro atoms. The predicted molar refractivity (Wildman–Crippen MR) is 86.9 cm³/mol. The average molecular weight is 298 g/mol. The molecule has 2 rings (SSSR count). The predicted octanol–water partition coefficient (Wildman–Crippen LogP) is 3.91. The van der Waals surface area contributed by atoms with Crippen LogP contribution in [0.5, 0.6) is 0 Å². The van der Waals surface area contributed by atoms with Crippen molar-refractivity contribution in [3.8, 4) is 6.07 Å². The van der Waals surface area contributed by atoms with Crippen molar-refractivity contribution in [2.24, 2.45) is 0 Å². The number of nitrogens with zero attached hydrogens (tertiary/aromatic N) is 2. The van der Waals surface area contributed by atoms with Crippen molar-refractivity contribution in [2.45, 2.75) is 19.8 Å². The number of ketones is 1. The molecule has 0 bridgehead atoms. The van der Waals surface area contributed by atoms with E-state index in [-0.39, 0.29) is 5.78 Å². The van der Waals surface area contributed by atoms with Crippen molar-refractivity contribution in [3.63, 3.8) is 0 Å². The van der Waals surface area contributed by atoms with Crippen molar-refractivity contribution >= 4 is 22.8 Å². The minimum absolute atomic E-state index is 0.112. The third-order valence-electron chi connectivity index (χ3n) is 3.23. The second-order valence-electron chi connectivity index (χ2n) is 4.71. The highest BCUT2D eigenvalue weighted by molar-refractivity contribution is 7.14. The maximum Gasteiger partial charge on any atom is 0.191 e. The standard InChI is InChI=1S/C17H18N2OS/c1-2-15-9-10-17(21-15)16(20)13-19(12-6-11-18)14-7-4-3-5-8-14/h3-5,7-10H,2,6,12-13H2,1H3. The highest BCUT2D eigenvalue weighted by Crippen LogP contribution is 2.20. The van der Waals surface area contributed by atoms with E-state index in [0.29, 0.717) is 19.5 Å². The summed E-state index contributed by atoms with van der Waals surface area (Å²) >= 11 is 1.56. The van der Waals surface area contributed by atoms with Gasteiger partial charge in [0, 0.05) is 17.1 Å². The van der Waals surface area contributed by atoms with Gasteiger partial charge in [0.05, 0.1) is 23.9 Å². The van der Waals surface area contributed by atoms with Crippen molar-refractivity contribution in [3.05, 3.63) is 52.2 Å². The largest absolute Gasteiger partial charge is 0.363 e. The maximum atomic E-state index is 12.4. The summed E-state index contributed by atoms with van der Waals surface area (Å²) in [5.41, 5.74) is 0.980. The van der Waals surface area contributed by atoms with Crippen LogP contribution in [0.4, 0.5) is 5.69 Å². The van der Waals surface area contributed by atoms with Crippen molar-refractivity contribution in [1.29, 1.82) is 5.26 Å². The number of benzene rings is 1. The van der Waals surface area contributed by atoms with Crippen LogP contribution in [0.3, 0.4) is 0 Å². The first-order valence-corrected chi connectivity index (χ1v) is 7.85. The van der Waals surface area contributed by atoms with Gasteiger partial charge in [0.2, 0.25) is 0 Å². The van der Waals surface area contributed by atoms with E-state index < -0.39 is 0 Å². The quantitative estimate of drug-likeness (QED) is 0.728. The van der Waals surface area contributed by atoms with Gasteiger partial charge in [-0.3, -0.25) is 4.79 Å². The third-order valence-corrected chi connectivity index (χ3v) is 4.50. The minimum Gasteiger partial charge on any atom is -0.363 e. The molecule has 21 heavy (non-hydrogen) atoms. The molecule has 0 saturated heterocycles. The Bertz CT molecular complexity index is 628. The summed E-state index contributed by atoms with van der Waals surface area (Å²) in [5.74, 6) is 0.112. The van der Waals surface area contributed by atoms with Gasteiger partial charge in [-0.2, -0.15) is 5.26 Å². The van der Waals surface area contributed by atoms with E-state index in [4.69, 9.17) is 5.26 Å². The summed E-state index contributed by atoms with van der Waals surface area (Å²) in [6.07, 6.45) is 1.36. The zero-order chi connectivity index (χ0) is 15.1. The number of aryl methyl sites for hydroxylation is 1. The molecule has 0 radical (unpaired) electrons. The number of hydrogen-bond acceptors (Lipinski definition) is 4. The molecular formula is C17H18N2OS. The summed E-state index contributed by atoms with van der Waals surface area (Å²) in [4.78, 5) is 16.4. The highest BCUT2D eigenvalue weighted by Gasteiger charge is 2.14. The Morgan fingerprint density at radius 2 is 2.00 bits per heavy atom. The second kappa shape index (κ2) is 7.61. The summed E-state index contributed by atoms with van der Waals surface area (Å²) in [6, 6.07) is 15.8. The number of anilines is 1. The summed E-state index contributed by atoms with van der Waals surface area (Å²) < 4.78 is 0.